The number of benzene rings is 1. The average molecular weight is 298 g/mol. The van der Waals surface area contributed by atoms with Crippen LogP contribution in [0.15, 0.2) is 18.2 Å². The first kappa shape index (κ1) is 16.3. The van der Waals surface area contributed by atoms with Crippen molar-refractivity contribution in [3.63, 3.8) is 0 Å². The SMILES string of the molecule is CC(C)(C)CN1CCC(c2cc[c]c(C(F)(F)F)c2)CC1. The molecule has 1 heterocycles. The lowest BCUT2D eigenvalue weighted by Gasteiger charge is -2.36. The molecule has 4 heteroatoms. The van der Waals surface area contributed by atoms with Gasteiger partial charge in [-0.3, -0.25) is 0 Å². The van der Waals surface area contributed by atoms with Gasteiger partial charge < -0.3 is 4.90 Å². The highest BCUT2D eigenvalue weighted by Gasteiger charge is 2.32. The van der Waals surface area contributed by atoms with E-state index in [1.165, 1.54) is 12.1 Å². The molecule has 0 unspecified atom stereocenters. The molecule has 0 aliphatic carbocycles. The third-order valence-electron chi connectivity index (χ3n) is 3.89. The highest BCUT2D eigenvalue weighted by atomic mass is 19.4. The molecule has 1 saturated heterocycles. The van der Waals surface area contributed by atoms with Crippen molar-refractivity contribution in [1.29, 1.82) is 0 Å². The molecule has 0 saturated carbocycles. The molecule has 0 aromatic heterocycles. The molecule has 0 bridgehead atoms. The first-order chi connectivity index (χ1) is 9.65. The molecule has 2 rings (SSSR count). The molecule has 1 aromatic rings. The number of nitrogens with zero attached hydrogens (tertiary/aromatic N) is 1. The monoisotopic (exact) mass is 298 g/mol. The normalized spacial score (nSPS) is 19.0. The van der Waals surface area contributed by atoms with Crippen molar-refractivity contribution in [3.05, 3.63) is 35.4 Å². The first-order valence-corrected chi connectivity index (χ1v) is 7.46. The summed E-state index contributed by atoms with van der Waals surface area (Å²) in [5, 5.41) is 0. The average Bonchev–Trinajstić information content (AvgIpc) is 2.37. The summed E-state index contributed by atoms with van der Waals surface area (Å²) in [6.45, 7) is 9.59. The zero-order valence-electron chi connectivity index (χ0n) is 12.9. The van der Waals surface area contributed by atoms with Gasteiger partial charge in [0.25, 0.3) is 0 Å². The van der Waals surface area contributed by atoms with Crippen molar-refractivity contribution in [2.75, 3.05) is 19.6 Å². The Bertz CT molecular complexity index is 466. The minimum absolute atomic E-state index is 0.233. The first-order valence-electron chi connectivity index (χ1n) is 7.46. The van der Waals surface area contributed by atoms with Gasteiger partial charge in [-0.25, -0.2) is 0 Å². The van der Waals surface area contributed by atoms with Crippen LogP contribution < -0.4 is 0 Å². The molecular weight excluding hydrogens is 275 g/mol. The number of hydrogen-bond acceptors (Lipinski definition) is 1. The Morgan fingerprint density at radius 3 is 2.33 bits per heavy atom. The van der Waals surface area contributed by atoms with Crippen LogP contribution in [0, 0.1) is 11.5 Å². The maximum absolute atomic E-state index is 12.7. The smallest absolute Gasteiger partial charge is 0.303 e. The number of likely N-dealkylation sites (tertiary alicyclic amines) is 1. The van der Waals surface area contributed by atoms with Gasteiger partial charge in [0.2, 0.25) is 0 Å². The molecule has 1 aliphatic rings. The van der Waals surface area contributed by atoms with E-state index in [4.69, 9.17) is 0 Å². The van der Waals surface area contributed by atoms with Crippen LogP contribution in [0.4, 0.5) is 13.2 Å². The summed E-state index contributed by atoms with van der Waals surface area (Å²) in [5.74, 6) is 0.233. The highest BCUT2D eigenvalue weighted by molar-refractivity contribution is 5.27. The lowest BCUT2D eigenvalue weighted by Crippen LogP contribution is -2.38. The van der Waals surface area contributed by atoms with Gasteiger partial charge in [0.15, 0.2) is 0 Å². The third-order valence-corrected chi connectivity index (χ3v) is 3.89. The Morgan fingerprint density at radius 1 is 1.19 bits per heavy atom. The van der Waals surface area contributed by atoms with Crippen LogP contribution in [0.1, 0.15) is 50.7 Å². The maximum Gasteiger partial charge on any atom is 0.417 e. The van der Waals surface area contributed by atoms with Gasteiger partial charge in [-0.2, -0.15) is 13.2 Å². The lowest BCUT2D eigenvalue weighted by atomic mass is 9.87. The predicted molar refractivity (Wildman–Crippen MR) is 78.2 cm³/mol. The van der Waals surface area contributed by atoms with Gasteiger partial charge in [0.1, 0.15) is 0 Å². The molecule has 21 heavy (non-hydrogen) atoms. The van der Waals surface area contributed by atoms with Crippen LogP contribution in [-0.4, -0.2) is 24.5 Å². The largest absolute Gasteiger partial charge is 0.417 e. The quantitative estimate of drug-likeness (QED) is 0.763. The Morgan fingerprint density at radius 2 is 1.81 bits per heavy atom. The second-order valence-corrected chi connectivity index (χ2v) is 7.14. The molecule has 1 nitrogen and oxygen atoms in total. The predicted octanol–water partition coefficient (Wildman–Crippen LogP) is 4.73. The Balaban J connectivity index is 1.99. The van der Waals surface area contributed by atoms with Gasteiger partial charge in [0, 0.05) is 6.54 Å². The number of halogens is 3. The molecule has 0 spiro atoms. The van der Waals surface area contributed by atoms with E-state index in [9.17, 15) is 13.2 Å². The van der Waals surface area contributed by atoms with Crippen molar-refractivity contribution in [1.82, 2.24) is 4.90 Å². The summed E-state index contributed by atoms with van der Waals surface area (Å²) in [6.07, 6.45) is -2.45. The molecule has 1 aromatic carbocycles. The fourth-order valence-corrected chi connectivity index (χ4v) is 3.00. The van der Waals surface area contributed by atoms with Crippen molar-refractivity contribution >= 4 is 0 Å². The van der Waals surface area contributed by atoms with Gasteiger partial charge in [-0.1, -0.05) is 32.9 Å². The number of piperidine rings is 1. The molecule has 117 valence electrons. The molecule has 1 fully saturated rings. The Hall–Kier alpha value is -1.03. The van der Waals surface area contributed by atoms with E-state index in [2.05, 4.69) is 31.7 Å². The zero-order chi connectivity index (χ0) is 15.7. The summed E-state index contributed by atoms with van der Waals surface area (Å²) in [5.41, 5.74) is 0.409. The van der Waals surface area contributed by atoms with E-state index in [0.29, 0.717) is 0 Å². The molecule has 0 atom stereocenters. The van der Waals surface area contributed by atoms with Crippen LogP contribution in [0.25, 0.3) is 0 Å². The summed E-state index contributed by atoms with van der Waals surface area (Å²) in [6, 6.07) is 6.74. The van der Waals surface area contributed by atoms with E-state index in [1.54, 1.807) is 6.07 Å². The fraction of sp³-hybridized carbons (Fsp3) is 0.647. The molecule has 1 aliphatic heterocycles. The topological polar surface area (TPSA) is 3.24 Å². The zero-order valence-corrected chi connectivity index (χ0v) is 12.9. The van der Waals surface area contributed by atoms with Crippen molar-refractivity contribution < 1.29 is 13.2 Å². The molecular formula is C17H23F3N. The maximum atomic E-state index is 12.7. The van der Waals surface area contributed by atoms with Gasteiger partial charge in [-0.15, -0.1) is 0 Å². The minimum Gasteiger partial charge on any atom is -0.303 e. The number of alkyl halides is 3. The van der Waals surface area contributed by atoms with Crippen LogP contribution in [0.2, 0.25) is 0 Å². The second-order valence-electron chi connectivity index (χ2n) is 7.14. The van der Waals surface area contributed by atoms with Crippen LogP contribution >= 0.6 is 0 Å². The summed E-state index contributed by atoms with van der Waals surface area (Å²) >= 11 is 0. The van der Waals surface area contributed by atoms with E-state index in [-0.39, 0.29) is 11.3 Å². The number of hydrogen-bond donors (Lipinski definition) is 0. The van der Waals surface area contributed by atoms with Crippen molar-refractivity contribution in [3.8, 4) is 0 Å². The van der Waals surface area contributed by atoms with Crippen molar-refractivity contribution in [2.24, 2.45) is 5.41 Å². The van der Waals surface area contributed by atoms with Crippen LogP contribution in [0.3, 0.4) is 0 Å². The molecule has 0 N–H and O–H groups in total. The molecule has 0 amide bonds. The Labute approximate surface area is 125 Å². The summed E-state index contributed by atoms with van der Waals surface area (Å²) in [7, 11) is 0. The Kier molecular flexibility index (Phi) is 4.66. The van der Waals surface area contributed by atoms with Gasteiger partial charge >= 0.3 is 6.18 Å². The van der Waals surface area contributed by atoms with Crippen molar-refractivity contribution in [2.45, 2.75) is 45.7 Å². The third kappa shape index (κ3) is 4.73. The molecule has 1 radical (unpaired) electrons. The fourth-order valence-electron chi connectivity index (χ4n) is 3.00. The lowest BCUT2D eigenvalue weighted by molar-refractivity contribution is -0.137. The van der Waals surface area contributed by atoms with Gasteiger partial charge in [0.05, 0.1) is 5.56 Å². The van der Waals surface area contributed by atoms with Crippen LogP contribution in [0.5, 0.6) is 0 Å². The standard InChI is InChI=1S/C17H23F3N/c1-16(2,3)12-21-9-7-13(8-10-21)14-5-4-6-15(11-14)17(18,19)20/h4-5,11,13H,7-10,12H2,1-3H3. The second kappa shape index (κ2) is 5.99. The number of rotatable bonds is 2. The van der Waals surface area contributed by atoms with E-state index >= 15 is 0 Å². The van der Waals surface area contributed by atoms with E-state index < -0.39 is 11.7 Å². The van der Waals surface area contributed by atoms with E-state index in [1.807, 2.05) is 0 Å². The van der Waals surface area contributed by atoms with Gasteiger partial charge in [-0.05, 0) is 55.0 Å². The highest BCUT2D eigenvalue weighted by Crippen LogP contribution is 2.34. The summed E-state index contributed by atoms with van der Waals surface area (Å²) in [4.78, 5) is 2.41. The minimum atomic E-state index is -4.30. The summed E-state index contributed by atoms with van der Waals surface area (Å²) < 4.78 is 38.2. The van der Waals surface area contributed by atoms with Crippen LogP contribution in [-0.2, 0) is 6.18 Å². The van der Waals surface area contributed by atoms with E-state index in [0.717, 1.165) is 38.0 Å².